The summed E-state index contributed by atoms with van der Waals surface area (Å²) >= 11 is 0. The molecule has 0 aromatic rings. The number of urea groups is 1. The van der Waals surface area contributed by atoms with E-state index in [1.54, 1.807) is 0 Å². The highest BCUT2D eigenvalue weighted by molar-refractivity contribution is 5.86. The molecule has 0 saturated carbocycles. The number of hydrogen-bond donors (Lipinski definition) is 4. The van der Waals surface area contributed by atoms with E-state index in [9.17, 15) is 9.59 Å². The van der Waals surface area contributed by atoms with E-state index in [0.29, 0.717) is 32.6 Å². The number of aliphatic hydroxyl groups is 1. The minimum Gasteiger partial charge on any atom is -0.394 e. The molecule has 112 valence electrons. The Kier molecular flexibility index (Phi) is 9.82. The second kappa shape index (κ2) is 10.6. The third-order valence-corrected chi connectivity index (χ3v) is 2.34. The van der Waals surface area contributed by atoms with Crippen LogP contribution in [0.3, 0.4) is 0 Å². The van der Waals surface area contributed by atoms with Gasteiger partial charge >= 0.3 is 6.03 Å². The molecular formula is C12H25N3O4. The molecule has 7 nitrogen and oxygen atoms in total. The van der Waals surface area contributed by atoms with Crippen molar-refractivity contribution >= 4 is 11.9 Å². The Labute approximate surface area is 113 Å². The van der Waals surface area contributed by atoms with Gasteiger partial charge in [-0.3, -0.25) is 4.79 Å². The van der Waals surface area contributed by atoms with Crippen LogP contribution < -0.4 is 16.4 Å². The first-order valence-electron chi connectivity index (χ1n) is 6.49. The summed E-state index contributed by atoms with van der Waals surface area (Å²) in [5.41, 5.74) is 5.04. The molecule has 0 aliphatic rings. The van der Waals surface area contributed by atoms with Gasteiger partial charge in [-0.25, -0.2) is 4.79 Å². The van der Waals surface area contributed by atoms with Gasteiger partial charge in [0.2, 0.25) is 5.91 Å². The lowest BCUT2D eigenvalue weighted by atomic mass is 10.0. The molecule has 1 unspecified atom stereocenters. The standard InChI is InChI=1S/C12H25N3O4/c1-9(2)8-10(15-12(13)18)11(17)14-4-3-6-19-7-5-16/h9-10,16H,3-8H2,1-2H3,(H,14,17)(H3,13,15,18). The first kappa shape index (κ1) is 17.7. The monoisotopic (exact) mass is 275 g/mol. The molecule has 0 aromatic heterocycles. The van der Waals surface area contributed by atoms with Crippen LogP contribution in [0.25, 0.3) is 0 Å². The van der Waals surface area contributed by atoms with Gasteiger partial charge in [0, 0.05) is 13.2 Å². The Morgan fingerprint density at radius 3 is 2.53 bits per heavy atom. The van der Waals surface area contributed by atoms with Gasteiger partial charge in [-0.1, -0.05) is 13.8 Å². The van der Waals surface area contributed by atoms with Gasteiger partial charge in [0.15, 0.2) is 0 Å². The highest BCUT2D eigenvalue weighted by Gasteiger charge is 2.20. The quantitative estimate of drug-likeness (QED) is 0.406. The molecule has 0 rings (SSSR count). The van der Waals surface area contributed by atoms with Gasteiger partial charge in [0.05, 0.1) is 13.2 Å². The highest BCUT2D eigenvalue weighted by Crippen LogP contribution is 2.04. The first-order valence-corrected chi connectivity index (χ1v) is 6.49. The molecule has 5 N–H and O–H groups in total. The first-order chi connectivity index (χ1) is 8.97. The van der Waals surface area contributed by atoms with Crippen molar-refractivity contribution in [2.24, 2.45) is 11.7 Å². The molecule has 0 aliphatic heterocycles. The van der Waals surface area contributed by atoms with Gasteiger partial charge in [-0.05, 0) is 18.8 Å². The summed E-state index contributed by atoms with van der Waals surface area (Å²) in [5.74, 6) is 0.0325. The van der Waals surface area contributed by atoms with Crippen molar-refractivity contribution in [3.63, 3.8) is 0 Å². The smallest absolute Gasteiger partial charge is 0.312 e. The maximum atomic E-state index is 11.8. The largest absolute Gasteiger partial charge is 0.394 e. The lowest BCUT2D eigenvalue weighted by Gasteiger charge is -2.19. The van der Waals surface area contributed by atoms with E-state index in [4.69, 9.17) is 15.6 Å². The predicted octanol–water partition coefficient (Wildman–Crippen LogP) is -0.415. The molecule has 0 saturated heterocycles. The Hall–Kier alpha value is -1.34. The zero-order chi connectivity index (χ0) is 14.7. The van der Waals surface area contributed by atoms with Crippen molar-refractivity contribution in [1.29, 1.82) is 0 Å². The summed E-state index contributed by atoms with van der Waals surface area (Å²) in [6.07, 6.45) is 1.19. The van der Waals surface area contributed by atoms with Gasteiger partial charge in [-0.2, -0.15) is 0 Å². The predicted molar refractivity (Wildman–Crippen MR) is 71.5 cm³/mol. The lowest BCUT2D eigenvalue weighted by Crippen LogP contribution is -2.49. The van der Waals surface area contributed by atoms with E-state index in [-0.39, 0.29) is 18.4 Å². The second-order valence-electron chi connectivity index (χ2n) is 4.67. The third-order valence-electron chi connectivity index (χ3n) is 2.34. The summed E-state index contributed by atoms with van der Waals surface area (Å²) in [7, 11) is 0. The van der Waals surface area contributed by atoms with Crippen LogP contribution in [-0.4, -0.2) is 49.5 Å². The van der Waals surface area contributed by atoms with Crippen LogP contribution in [0, 0.1) is 5.92 Å². The van der Waals surface area contributed by atoms with Crippen LogP contribution in [0.2, 0.25) is 0 Å². The van der Waals surface area contributed by atoms with E-state index in [1.165, 1.54) is 0 Å². The molecule has 0 aliphatic carbocycles. The number of primary amides is 1. The Morgan fingerprint density at radius 2 is 2.00 bits per heavy atom. The molecule has 0 heterocycles. The molecule has 0 bridgehead atoms. The zero-order valence-electron chi connectivity index (χ0n) is 11.6. The number of amides is 3. The molecule has 0 spiro atoms. The molecular weight excluding hydrogens is 250 g/mol. The SMILES string of the molecule is CC(C)CC(NC(N)=O)C(=O)NCCCOCCO. The van der Waals surface area contributed by atoms with E-state index in [2.05, 4.69) is 10.6 Å². The van der Waals surface area contributed by atoms with Crippen LogP contribution in [0.1, 0.15) is 26.7 Å². The Morgan fingerprint density at radius 1 is 1.32 bits per heavy atom. The second-order valence-corrected chi connectivity index (χ2v) is 4.67. The number of carbonyl (C=O) groups excluding carboxylic acids is 2. The van der Waals surface area contributed by atoms with Crippen LogP contribution in [0.4, 0.5) is 4.79 Å². The van der Waals surface area contributed by atoms with Gasteiger partial charge in [-0.15, -0.1) is 0 Å². The molecule has 0 radical (unpaired) electrons. The number of aliphatic hydroxyl groups excluding tert-OH is 1. The maximum absolute atomic E-state index is 11.8. The normalized spacial score (nSPS) is 12.2. The number of rotatable bonds is 10. The molecule has 0 fully saturated rings. The summed E-state index contributed by atoms with van der Waals surface area (Å²) in [4.78, 5) is 22.7. The van der Waals surface area contributed by atoms with Crippen LogP contribution >= 0.6 is 0 Å². The number of nitrogens with one attached hydrogen (secondary N) is 2. The van der Waals surface area contributed by atoms with Crippen LogP contribution in [0.5, 0.6) is 0 Å². The average molecular weight is 275 g/mol. The number of carbonyl (C=O) groups is 2. The van der Waals surface area contributed by atoms with Gasteiger partial charge < -0.3 is 26.2 Å². The summed E-state index contributed by atoms with van der Waals surface area (Å²) < 4.78 is 5.06. The Balaban J connectivity index is 3.93. The zero-order valence-corrected chi connectivity index (χ0v) is 11.6. The average Bonchev–Trinajstić information content (AvgIpc) is 2.31. The molecule has 19 heavy (non-hydrogen) atoms. The minimum absolute atomic E-state index is 0.00858. The number of ether oxygens (including phenoxy) is 1. The van der Waals surface area contributed by atoms with E-state index < -0.39 is 12.1 Å². The fraction of sp³-hybridized carbons (Fsp3) is 0.833. The fourth-order valence-electron chi connectivity index (χ4n) is 1.55. The van der Waals surface area contributed by atoms with Crippen molar-refractivity contribution in [3.8, 4) is 0 Å². The summed E-state index contributed by atoms with van der Waals surface area (Å²) in [6.45, 7) is 5.15. The van der Waals surface area contributed by atoms with Crippen molar-refractivity contribution in [1.82, 2.24) is 10.6 Å². The lowest BCUT2D eigenvalue weighted by molar-refractivity contribution is -0.123. The van der Waals surface area contributed by atoms with Crippen molar-refractivity contribution in [2.45, 2.75) is 32.7 Å². The van der Waals surface area contributed by atoms with E-state index in [1.807, 2.05) is 13.8 Å². The Bertz CT molecular complexity index is 272. The van der Waals surface area contributed by atoms with E-state index >= 15 is 0 Å². The minimum atomic E-state index is -0.702. The highest BCUT2D eigenvalue weighted by atomic mass is 16.5. The van der Waals surface area contributed by atoms with Crippen LogP contribution in [-0.2, 0) is 9.53 Å². The molecule has 7 heteroatoms. The summed E-state index contributed by atoms with van der Waals surface area (Å²) in [6, 6.07) is -1.30. The van der Waals surface area contributed by atoms with Crippen molar-refractivity contribution < 1.29 is 19.4 Å². The topological polar surface area (TPSA) is 114 Å². The van der Waals surface area contributed by atoms with Gasteiger partial charge in [0.1, 0.15) is 6.04 Å². The third kappa shape index (κ3) is 10.3. The maximum Gasteiger partial charge on any atom is 0.312 e. The van der Waals surface area contributed by atoms with Crippen LogP contribution in [0.15, 0.2) is 0 Å². The molecule has 1 atom stereocenters. The molecule has 0 aromatic carbocycles. The van der Waals surface area contributed by atoms with Crippen molar-refractivity contribution in [2.75, 3.05) is 26.4 Å². The summed E-state index contributed by atoms with van der Waals surface area (Å²) in [5, 5.41) is 13.7. The van der Waals surface area contributed by atoms with E-state index in [0.717, 1.165) is 0 Å². The number of nitrogens with two attached hydrogens (primary N) is 1. The van der Waals surface area contributed by atoms with Gasteiger partial charge in [0.25, 0.3) is 0 Å². The molecule has 3 amide bonds. The van der Waals surface area contributed by atoms with Crippen molar-refractivity contribution in [3.05, 3.63) is 0 Å². The fourth-order valence-corrected chi connectivity index (χ4v) is 1.55. The number of hydrogen-bond acceptors (Lipinski definition) is 4.